The fourth-order valence-corrected chi connectivity index (χ4v) is 5.09. The predicted molar refractivity (Wildman–Crippen MR) is 135 cm³/mol. The van der Waals surface area contributed by atoms with Crippen molar-refractivity contribution in [1.82, 2.24) is 4.90 Å². The van der Waals surface area contributed by atoms with Crippen LogP contribution in [0.5, 0.6) is 5.75 Å². The summed E-state index contributed by atoms with van der Waals surface area (Å²) in [7, 11) is 1.59. The van der Waals surface area contributed by atoms with Gasteiger partial charge in [0.1, 0.15) is 11.5 Å². The Bertz CT molecular complexity index is 1270. The highest BCUT2D eigenvalue weighted by molar-refractivity contribution is 7.10. The van der Waals surface area contributed by atoms with Gasteiger partial charge in [-0.2, -0.15) is 0 Å². The molecule has 176 valence electrons. The van der Waals surface area contributed by atoms with Gasteiger partial charge in [-0.25, -0.2) is 0 Å². The highest BCUT2D eigenvalue weighted by Gasteiger charge is 2.46. The molecule has 1 N–H and O–H groups in total. The van der Waals surface area contributed by atoms with Crippen molar-refractivity contribution >= 4 is 28.8 Å². The zero-order valence-corrected chi connectivity index (χ0v) is 20.9. The van der Waals surface area contributed by atoms with Crippen LogP contribution >= 0.6 is 11.3 Å². The summed E-state index contributed by atoms with van der Waals surface area (Å²) in [5.74, 6) is -0.739. The first-order valence-electron chi connectivity index (χ1n) is 11.2. The van der Waals surface area contributed by atoms with Gasteiger partial charge in [0.25, 0.3) is 11.7 Å². The zero-order valence-electron chi connectivity index (χ0n) is 20.1. The van der Waals surface area contributed by atoms with E-state index in [1.165, 1.54) is 16.2 Å². The molecular weight excluding hydrogens is 446 g/mol. The van der Waals surface area contributed by atoms with Gasteiger partial charge in [-0.3, -0.25) is 9.59 Å². The Morgan fingerprint density at radius 1 is 1.09 bits per heavy atom. The molecule has 3 aromatic rings. The summed E-state index contributed by atoms with van der Waals surface area (Å²) in [6.07, 6.45) is 0. The van der Waals surface area contributed by atoms with Crippen molar-refractivity contribution in [3.63, 3.8) is 0 Å². The van der Waals surface area contributed by atoms with Crippen molar-refractivity contribution in [2.45, 2.75) is 45.7 Å². The second-order valence-electron chi connectivity index (χ2n) is 9.57. The van der Waals surface area contributed by atoms with Gasteiger partial charge >= 0.3 is 0 Å². The lowest BCUT2D eigenvalue weighted by Crippen LogP contribution is -2.28. The van der Waals surface area contributed by atoms with Crippen LogP contribution in [0.4, 0.5) is 0 Å². The number of ketones is 1. The number of likely N-dealkylation sites (tertiary alicyclic amines) is 1. The van der Waals surface area contributed by atoms with Gasteiger partial charge in [0.15, 0.2) is 0 Å². The molecule has 0 saturated carbocycles. The molecular formula is C28H29NO4S. The SMILES string of the molecule is COc1cccc(CN2C(=O)C(=O)/C(=C(/O)c3cc(C(C)(C)C)ccc3C)C2c2cccs2)c1. The molecule has 0 aliphatic carbocycles. The number of nitrogens with zero attached hydrogens (tertiary/aromatic N) is 1. The number of hydrogen-bond donors (Lipinski definition) is 1. The number of rotatable bonds is 5. The van der Waals surface area contributed by atoms with Gasteiger partial charge in [-0.1, -0.05) is 51.1 Å². The average molecular weight is 476 g/mol. The minimum atomic E-state index is -0.667. The minimum Gasteiger partial charge on any atom is -0.507 e. The maximum atomic E-state index is 13.3. The first-order chi connectivity index (χ1) is 16.1. The minimum absolute atomic E-state index is 0.129. The van der Waals surface area contributed by atoms with Crippen LogP contribution in [0.25, 0.3) is 5.76 Å². The number of amides is 1. The number of carbonyl (C=O) groups excluding carboxylic acids is 2. The Morgan fingerprint density at radius 3 is 2.50 bits per heavy atom. The molecule has 1 aliphatic rings. The van der Waals surface area contributed by atoms with Gasteiger partial charge in [0.2, 0.25) is 0 Å². The summed E-state index contributed by atoms with van der Waals surface area (Å²) in [6, 6.07) is 16.4. The fourth-order valence-electron chi connectivity index (χ4n) is 4.24. The molecule has 1 aromatic heterocycles. The van der Waals surface area contributed by atoms with Crippen molar-refractivity contribution in [1.29, 1.82) is 0 Å². The van der Waals surface area contributed by atoms with Crippen LogP contribution in [-0.4, -0.2) is 28.8 Å². The second-order valence-corrected chi connectivity index (χ2v) is 10.6. The molecule has 1 atom stereocenters. The number of methoxy groups -OCH3 is 1. The second kappa shape index (κ2) is 9.11. The fraction of sp³-hybridized carbons (Fsp3) is 0.286. The van der Waals surface area contributed by atoms with E-state index >= 15 is 0 Å². The van der Waals surface area contributed by atoms with E-state index in [9.17, 15) is 14.7 Å². The Kier molecular flexibility index (Phi) is 6.36. The van der Waals surface area contributed by atoms with Crippen LogP contribution < -0.4 is 4.74 Å². The lowest BCUT2D eigenvalue weighted by atomic mass is 9.84. The van der Waals surface area contributed by atoms with Crippen LogP contribution in [0.3, 0.4) is 0 Å². The Labute approximate surface area is 204 Å². The van der Waals surface area contributed by atoms with Gasteiger partial charge < -0.3 is 14.7 Å². The van der Waals surface area contributed by atoms with E-state index in [0.717, 1.165) is 21.6 Å². The topological polar surface area (TPSA) is 66.8 Å². The van der Waals surface area contributed by atoms with E-state index in [4.69, 9.17) is 4.74 Å². The van der Waals surface area contributed by atoms with Crippen LogP contribution in [0.15, 0.2) is 65.6 Å². The number of hydrogen-bond acceptors (Lipinski definition) is 5. The van der Waals surface area contributed by atoms with E-state index in [0.29, 0.717) is 11.3 Å². The van der Waals surface area contributed by atoms with Gasteiger partial charge in [0.05, 0.1) is 18.7 Å². The molecule has 1 amide bonds. The molecule has 0 spiro atoms. The molecule has 1 saturated heterocycles. The van der Waals surface area contributed by atoms with Gasteiger partial charge in [-0.15, -0.1) is 11.3 Å². The molecule has 1 fully saturated rings. The Morgan fingerprint density at radius 2 is 1.85 bits per heavy atom. The summed E-state index contributed by atoms with van der Waals surface area (Å²) in [5, 5.41) is 13.4. The third-order valence-electron chi connectivity index (χ3n) is 6.20. The number of aryl methyl sites for hydroxylation is 1. The third-order valence-corrected chi connectivity index (χ3v) is 7.12. The number of aliphatic hydroxyl groups is 1. The number of Topliss-reactive ketones (excluding diaryl/α,β-unsaturated/α-hetero) is 1. The maximum absolute atomic E-state index is 13.3. The largest absolute Gasteiger partial charge is 0.507 e. The first kappa shape index (κ1) is 23.8. The molecule has 2 heterocycles. The van der Waals surface area contributed by atoms with Crippen molar-refractivity contribution in [3.8, 4) is 5.75 Å². The van der Waals surface area contributed by atoms with Crippen molar-refractivity contribution < 1.29 is 19.4 Å². The highest BCUT2D eigenvalue weighted by Crippen LogP contribution is 2.42. The summed E-state index contributed by atoms with van der Waals surface area (Å²) < 4.78 is 5.32. The van der Waals surface area contributed by atoms with E-state index in [1.54, 1.807) is 7.11 Å². The van der Waals surface area contributed by atoms with Crippen molar-refractivity contribution in [2.24, 2.45) is 0 Å². The van der Waals surface area contributed by atoms with E-state index in [-0.39, 0.29) is 23.3 Å². The van der Waals surface area contributed by atoms with Crippen molar-refractivity contribution in [2.75, 3.05) is 7.11 Å². The molecule has 1 aliphatic heterocycles. The number of thiophene rings is 1. The first-order valence-corrected chi connectivity index (χ1v) is 12.1. The molecule has 1 unspecified atom stereocenters. The molecule has 0 radical (unpaired) electrons. The van der Waals surface area contributed by atoms with Gasteiger partial charge in [0, 0.05) is 17.0 Å². The maximum Gasteiger partial charge on any atom is 0.295 e. The summed E-state index contributed by atoms with van der Waals surface area (Å²) in [4.78, 5) is 28.9. The Balaban J connectivity index is 1.86. The van der Waals surface area contributed by atoms with E-state index < -0.39 is 17.7 Å². The zero-order chi connectivity index (χ0) is 24.6. The molecule has 4 rings (SSSR count). The lowest BCUT2D eigenvalue weighted by molar-refractivity contribution is -0.140. The van der Waals surface area contributed by atoms with Crippen LogP contribution in [0.2, 0.25) is 0 Å². The van der Waals surface area contributed by atoms with E-state index in [1.807, 2.05) is 66.9 Å². The number of benzene rings is 2. The lowest BCUT2D eigenvalue weighted by Gasteiger charge is -2.25. The molecule has 6 heteroatoms. The third kappa shape index (κ3) is 4.38. The average Bonchev–Trinajstić information content (AvgIpc) is 3.41. The van der Waals surface area contributed by atoms with E-state index in [2.05, 4.69) is 20.8 Å². The summed E-state index contributed by atoms with van der Waals surface area (Å²) >= 11 is 1.46. The smallest absolute Gasteiger partial charge is 0.295 e. The monoisotopic (exact) mass is 475 g/mol. The van der Waals surface area contributed by atoms with Crippen molar-refractivity contribution in [3.05, 3.63) is 92.7 Å². The van der Waals surface area contributed by atoms with Crippen LogP contribution in [-0.2, 0) is 21.5 Å². The number of carbonyl (C=O) groups is 2. The van der Waals surface area contributed by atoms with Gasteiger partial charge in [-0.05, 0) is 58.7 Å². The normalized spacial score (nSPS) is 17.9. The molecule has 0 bridgehead atoms. The molecule has 5 nitrogen and oxygen atoms in total. The summed E-state index contributed by atoms with van der Waals surface area (Å²) in [5.41, 5.74) is 3.30. The predicted octanol–water partition coefficient (Wildman–Crippen LogP) is 5.98. The number of ether oxygens (including phenoxy) is 1. The Hall–Kier alpha value is -3.38. The summed E-state index contributed by atoms with van der Waals surface area (Å²) in [6.45, 7) is 8.41. The molecule has 34 heavy (non-hydrogen) atoms. The van der Waals surface area contributed by atoms with Crippen LogP contribution in [0.1, 0.15) is 53.9 Å². The quantitative estimate of drug-likeness (QED) is 0.280. The molecule has 2 aromatic carbocycles. The van der Waals surface area contributed by atoms with Crippen LogP contribution in [0, 0.1) is 6.92 Å². The number of aliphatic hydroxyl groups excluding tert-OH is 1. The highest BCUT2D eigenvalue weighted by atomic mass is 32.1. The standard InChI is InChI=1S/C28H29NO4S/c1-17-11-12-19(28(2,3)4)15-21(17)25(30)23-24(22-10-7-13-34-22)29(27(32)26(23)31)16-18-8-6-9-20(14-18)33-5/h6-15,24,30H,16H2,1-5H3/b25-23+.